The lowest BCUT2D eigenvalue weighted by Gasteiger charge is -2.37. The smallest absolute Gasteiger partial charge is 0.253 e. The number of aryl methyl sites for hydroxylation is 6. The number of aromatic amines is 2. The predicted molar refractivity (Wildman–Crippen MR) is 608 cm³/mol. The molecule has 7 aliphatic rings. The van der Waals surface area contributed by atoms with Crippen molar-refractivity contribution in [2.45, 2.75) is 265 Å². The number of hydrogen-bond acceptors (Lipinski definition) is 19. The number of likely N-dealkylation sites (N-methyl/N-ethyl adjacent to an activating group) is 1. The maximum atomic E-state index is 13.9. The lowest BCUT2D eigenvalue weighted by molar-refractivity contribution is -0.115. The molecule has 790 valence electrons. The number of anilines is 5. The highest BCUT2D eigenvalue weighted by atomic mass is 35.5. The highest BCUT2D eigenvalue weighted by molar-refractivity contribution is 6.31. The van der Waals surface area contributed by atoms with E-state index in [1.807, 2.05) is 110 Å². The lowest BCUT2D eigenvalue weighted by atomic mass is 9.87. The summed E-state index contributed by atoms with van der Waals surface area (Å²) in [4.78, 5) is 126. The Morgan fingerprint density at radius 3 is 1.37 bits per heavy atom. The second-order valence-corrected chi connectivity index (χ2v) is 42.7. The zero-order valence-electron chi connectivity index (χ0n) is 91.6. The van der Waals surface area contributed by atoms with Gasteiger partial charge in [0.05, 0.1) is 0 Å². The molecule has 0 spiro atoms. The van der Waals surface area contributed by atoms with Crippen molar-refractivity contribution in [3.05, 3.63) is 278 Å². The summed E-state index contributed by atoms with van der Waals surface area (Å²) < 4.78 is 15.7. The maximum Gasteiger partial charge on any atom is 0.253 e. The second-order valence-electron chi connectivity index (χ2n) is 42.3. The van der Waals surface area contributed by atoms with Gasteiger partial charge in [-0.05, 0) is 384 Å². The number of hydrogen-bond donors (Lipinski definition) is 6. The molecular weight excluding hydrogens is 1880 g/mol. The number of carbonyl (C=O) groups excluding carboxylic acids is 5. The summed E-state index contributed by atoms with van der Waals surface area (Å²) in [6.45, 7) is 52.9. The summed E-state index contributed by atoms with van der Waals surface area (Å²) in [6.07, 6.45) is 27.6. The summed E-state index contributed by atoms with van der Waals surface area (Å²) >= 11 is 6.42. The number of benzene rings is 4. The van der Waals surface area contributed by atoms with Gasteiger partial charge in [-0.2, -0.15) is 0 Å². The molecule has 3 amide bonds. The second kappa shape index (κ2) is 50.1. The summed E-state index contributed by atoms with van der Waals surface area (Å²) in [6, 6.07) is 34.3. The fourth-order valence-corrected chi connectivity index (χ4v) is 22.8. The Hall–Kier alpha value is -13.0. The van der Waals surface area contributed by atoms with E-state index in [1.165, 1.54) is 49.7 Å². The Bertz CT molecular complexity index is 6940. The summed E-state index contributed by atoms with van der Waals surface area (Å²) in [5.74, 6) is 2.81. The molecule has 6 N–H and O–H groups in total. The highest BCUT2D eigenvalue weighted by Gasteiger charge is 2.32. The van der Waals surface area contributed by atoms with Crippen LogP contribution in [0, 0.1) is 48.5 Å². The van der Waals surface area contributed by atoms with Crippen LogP contribution in [0.3, 0.4) is 0 Å². The van der Waals surface area contributed by atoms with Crippen LogP contribution < -0.4 is 56.9 Å². The van der Waals surface area contributed by atoms with Crippen LogP contribution in [-0.4, -0.2) is 192 Å². The first-order valence-electron chi connectivity index (χ1n) is 54.2. The van der Waals surface area contributed by atoms with Crippen LogP contribution >= 0.6 is 11.6 Å². The molecule has 0 radical (unpaired) electrons. The van der Waals surface area contributed by atoms with Gasteiger partial charge in [0.1, 0.15) is 17.5 Å². The van der Waals surface area contributed by atoms with E-state index in [1.54, 1.807) is 6.07 Å². The number of Topliss-reactive ketones (excluding diaryl/α,β-unsaturated/α-hetero) is 2. The van der Waals surface area contributed by atoms with Gasteiger partial charge in [0, 0.05) is 291 Å². The van der Waals surface area contributed by atoms with E-state index in [-0.39, 0.29) is 71.6 Å². The molecule has 1 unspecified atom stereocenters. The third-order valence-corrected chi connectivity index (χ3v) is 31.1. The summed E-state index contributed by atoms with van der Waals surface area (Å²) in [5.41, 5.74) is 27.6. The first-order valence-corrected chi connectivity index (χ1v) is 54.5. The van der Waals surface area contributed by atoms with Gasteiger partial charge >= 0.3 is 0 Å². The Labute approximate surface area is 885 Å². The number of ketones is 2. The van der Waals surface area contributed by atoms with Crippen LogP contribution in [0.2, 0.25) is 5.02 Å². The average molecular weight is 2040 g/mol. The van der Waals surface area contributed by atoms with Crippen molar-refractivity contribution < 1.29 is 33.4 Å². The molecule has 0 saturated carbocycles. The van der Waals surface area contributed by atoms with Gasteiger partial charge in [-0.1, -0.05) is 30.2 Å². The van der Waals surface area contributed by atoms with E-state index in [0.29, 0.717) is 70.7 Å². The number of fused-ring (bicyclic) bond motifs is 2. The Kier molecular flexibility index (Phi) is 37.0. The molecule has 4 aromatic carbocycles. The molecule has 1 atom stereocenters. The number of allylic oxidation sites excluding steroid dienone is 7. The van der Waals surface area contributed by atoms with Gasteiger partial charge in [0.2, 0.25) is 0 Å². The molecule has 149 heavy (non-hydrogen) atoms. The minimum atomic E-state index is -0.234. The number of pyridine rings is 5. The number of halogens is 1. The van der Waals surface area contributed by atoms with E-state index in [0.717, 1.165) is 281 Å². The highest BCUT2D eigenvalue weighted by Crippen LogP contribution is 2.41. The number of dihydropyridines is 1. The van der Waals surface area contributed by atoms with Crippen molar-refractivity contribution >= 4 is 91.5 Å². The minimum Gasteiger partial charge on any atom is -0.382 e. The average Bonchev–Trinajstić information content (AvgIpc) is 1.59. The number of piperidine rings is 2. The van der Waals surface area contributed by atoms with Crippen molar-refractivity contribution in [3.8, 4) is 33.4 Å². The normalized spacial score (nSPS) is 16.5. The summed E-state index contributed by atoms with van der Waals surface area (Å²) in [7, 11) is 2.16. The number of amides is 3. The number of nitrogens with zero attached hydrogens (tertiary/aromatic N) is 11. The van der Waals surface area contributed by atoms with Gasteiger partial charge < -0.3 is 79.2 Å². The SMILES string of the molecule is CC1=CC(C)=C(CNC(=O)c2cc(-c3ccc(N4CCN(C)CC4)nc3)cc3c2c(C)cn3C(C)C)C(C)N1.CCN(c1cc(-c2ccc(N3CCCCC3)nc2)cc(C(=O)CCC2=C(C)C=C(C)CC2=O)c1C)C1CCOCC1.CCc1cc(C)c(CNC(=O)c2cc(Cl)cc(N(CC)C3CCOCC3)c2C)c(=O)[nH]1.Cc1cc(C)c(CNC(=O)c2cc(-c3ccc(N4CCCCC4)nc3)cc3c2c(C)cn3C(C)C)c(=O)[nH]1. The monoisotopic (exact) mass is 2040 g/mol. The van der Waals surface area contributed by atoms with E-state index in [2.05, 4.69) is 232 Å². The largest absolute Gasteiger partial charge is 0.382 e. The third-order valence-electron chi connectivity index (χ3n) is 30.9. The van der Waals surface area contributed by atoms with Crippen LogP contribution in [-0.2, 0) is 33.8 Å². The number of H-pyrrole nitrogens is 2. The van der Waals surface area contributed by atoms with Crippen LogP contribution in [0.15, 0.2) is 183 Å². The van der Waals surface area contributed by atoms with Crippen LogP contribution in [0.4, 0.5) is 28.8 Å². The van der Waals surface area contributed by atoms with Crippen LogP contribution in [0.25, 0.3) is 55.2 Å². The number of nitrogens with one attached hydrogen (secondary N) is 6. The van der Waals surface area contributed by atoms with Gasteiger partial charge in [-0.25, -0.2) is 15.0 Å². The van der Waals surface area contributed by atoms with Gasteiger partial charge in [0.25, 0.3) is 28.8 Å². The number of ether oxygens (including phenoxy) is 2. The Balaban J connectivity index is 0.000000149. The quantitative estimate of drug-likeness (QED) is 0.0248. The Morgan fingerprint density at radius 2 is 0.926 bits per heavy atom. The number of piperazine rings is 1. The molecule has 18 rings (SSSR count). The number of aromatic nitrogens is 7. The molecule has 11 aromatic rings. The molecule has 13 heterocycles. The third kappa shape index (κ3) is 26.4. The van der Waals surface area contributed by atoms with Crippen molar-refractivity contribution in [3.63, 3.8) is 0 Å². The first kappa shape index (κ1) is 110. The van der Waals surface area contributed by atoms with E-state index in [4.69, 9.17) is 36.0 Å². The van der Waals surface area contributed by atoms with E-state index < -0.39 is 0 Å². The molecule has 27 heteroatoms. The zero-order chi connectivity index (χ0) is 106. The van der Waals surface area contributed by atoms with Crippen molar-refractivity contribution in [1.29, 1.82) is 0 Å². The maximum absolute atomic E-state index is 13.9. The van der Waals surface area contributed by atoms with Crippen LogP contribution in [0.5, 0.6) is 0 Å². The zero-order valence-corrected chi connectivity index (χ0v) is 92.3. The van der Waals surface area contributed by atoms with Crippen molar-refractivity contribution in [1.82, 2.24) is 60.2 Å². The Morgan fingerprint density at radius 1 is 0.483 bits per heavy atom. The summed E-state index contributed by atoms with van der Waals surface area (Å²) in [5, 5.41) is 15.1. The molecular formula is C122H156ClN17O9. The van der Waals surface area contributed by atoms with Gasteiger partial charge in [0.15, 0.2) is 11.6 Å². The molecule has 26 nitrogen and oxygen atoms in total. The molecule has 1 aliphatic carbocycles. The fourth-order valence-electron chi connectivity index (χ4n) is 22.5. The molecule has 6 aliphatic heterocycles. The molecule has 5 saturated heterocycles. The first-order chi connectivity index (χ1) is 71.5. The fraction of sp³-hybridized carbons (Fsp3) is 0.459. The van der Waals surface area contributed by atoms with E-state index in [9.17, 15) is 33.6 Å². The van der Waals surface area contributed by atoms with Crippen LogP contribution in [0.1, 0.15) is 276 Å². The van der Waals surface area contributed by atoms with E-state index >= 15 is 0 Å². The number of rotatable bonds is 28. The number of carbonyl (C=O) groups is 5. The standard InChI is InChI=1S/C35H45N3O3.C32H42N6O.C31H37N5O2.C24H32ClN3O3/c1-5-38(29-13-17-41-18-14-29)32-22-28(27-9-12-35(36-23-27)37-15-7-6-8-16-37)21-31(26(32)4)33(39)11-10-30-25(3)19-24(2)20-34(30)40;1-20(2)38-19-22(4)31-27(32(39)34-18-28-21(3)14-23(5)35-24(28)6)15-26(16-29(31)38)25-8-9-30(33-17-25)37-12-10-36(7)11-13-37;1-19(2)36-18-21(4)29-25(30(37)33-17-26-20(3)13-22(5)34-31(26)38)14-24(15-27(29)36)23-9-10-28(32-16-23)35-11-7-6-8-12-35;1-5-18-11-15(3)21(24(30)27-18)14-26-23(29)20-12-17(25)13-22(16(20)4)28(6-2)19-7-9-31-10-8-19/h9,12,19,21-23,29H,5-8,10-11,13-18,20H2,1-4H3;8-9,14-17,19-20,24,35H,10-13,18H2,1-7H3,(H,34,39);9-10,13-16,18-19H,6-8,11-12,17H2,1-5H3,(H,33,37)(H,34,38);11-13,19H,5-10,14H2,1-4H3,(H,26,29)(H,27,30). The van der Waals surface area contributed by atoms with Crippen molar-refractivity contribution in [2.75, 3.05) is 130 Å². The van der Waals surface area contributed by atoms with Crippen molar-refractivity contribution in [2.24, 2.45) is 0 Å². The molecule has 7 aromatic heterocycles. The molecule has 0 bridgehead atoms. The van der Waals surface area contributed by atoms with Gasteiger partial charge in [-0.3, -0.25) is 33.6 Å². The minimum absolute atomic E-state index is 0.0488. The lowest BCUT2D eigenvalue weighted by Crippen LogP contribution is -2.44. The molecule has 5 fully saturated rings. The predicted octanol–water partition coefficient (Wildman–Crippen LogP) is 22.5. The van der Waals surface area contributed by atoms with Gasteiger partial charge in [-0.15, -0.1) is 0 Å². The topological polar surface area (TPSA) is 286 Å².